The number of nitrogens with zero attached hydrogens (tertiary/aromatic N) is 5. The Morgan fingerprint density at radius 2 is 0.632 bits per heavy atom. The van der Waals surface area contributed by atoms with Crippen LogP contribution in [0.3, 0.4) is 0 Å². The van der Waals surface area contributed by atoms with Gasteiger partial charge in [-0.15, -0.1) is 0 Å². The highest BCUT2D eigenvalue weighted by molar-refractivity contribution is 7.00. The molecule has 546 valence electrons. The Morgan fingerprint density at radius 1 is 0.246 bits per heavy atom. The first-order chi connectivity index (χ1) is 57.5. The smallest absolute Gasteiger partial charge is 0.252 e. The molecule has 0 bridgehead atoms. The molecule has 2 aliphatic heterocycles. The molecule has 21 rings (SSSR count). The van der Waals surface area contributed by atoms with E-state index in [0.29, 0.717) is 5.56 Å². The van der Waals surface area contributed by atoms with Gasteiger partial charge in [-0.3, -0.25) is 0 Å². The number of fused-ring (bicyclic) bond motifs is 13. The predicted molar refractivity (Wildman–Crippen MR) is 487 cm³/mol. The van der Waals surface area contributed by atoms with Crippen molar-refractivity contribution in [1.82, 2.24) is 13.7 Å². The molecule has 2 aliphatic rings. The van der Waals surface area contributed by atoms with Crippen molar-refractivity contribution in [3.63, 3.8) is 0 Å². The summed E-state index contributed by atoms with van der Waals surface area (Å²) in [5.74, 6) is 0. The van der Waals surface area contributed by atoms with Gasteiger partial charge in [0.25, 0.3) is 6.71 Å². The van der Waals surface area contributed by atoms with Gasteiger partial charge in [0.05, 0.1) is 51.3 Å². The average Bonchev–Trinajstić information content (AvgIpc) is 0.720. The van der Waals surface area contributed by atoms with Crippen LogP contribution in [0.1, 0.15) is 85.9 Å². The van der Waals surface area contributed by atoms with Gasteiger partial charge in [0, 0.05) is 83.3 Å². The van der Waals surface area contributed by atoms with E-state index in [1.54, 1.807) is 0 Å². The third-order valence-corrected chi connectivity index (χ3v) is 24.1. The molecule has 19 aromatic rings. The summed E-state index contributed by atoms with van der Waals surface area (Å²) in [5, 5.41) is 6.97. The third kappa shape index (κ3) is 11.1. The molecule has 0 fully saturated rings. The largest absolute Gasteiger partial charge is 0.311 e. The van der Waals surface area contributed by atoms with Gasteiger partial charge in [0.2, 0.25) is 0 Å². The predicted octanol–water partition coefficient (Wildman–Crippen LogP) is 27.3. The summed E-state index contributed by atoms with van der Waals surface area (Å²) in [4.78, 5) is 5.08. The van der Waals surface area contributed by atoms with E-state index in [1.807, 2.05) is 6.07 Å². The van der Waals surface area contributed by atoms with Crippen molar-refractivity contribution in [1.29, 1.82) is 0 Å². The fraction of sp³-hybridized carbons (Fsp3) is 0.111. The maximum absolute atomic E-state index is 9.80. The highest BCUT2D eigenvalue weighted by Crippen LogP contribution is 2.54. The first-order valence-corrected chi connectivity index (χ1v) is 39.8. The van der Waals surface area contributed by atoms with Crippen LogP contribution in [0.4, 0.5) is 34.1 Å². The zero-order chi connectivity index (χ0) is 81.4. The Bertz CT molecular complexity index is 7160. The van der Waals surface area contributed by atoms with E-state index in [9.17, 15) is 5.48 Å². The molecule has 0 aliphatic carbocycles. The van der Waals surface area contributed by atoms with Gasteiger partial charge in [0.15, 0.2) is 0 Å². The fourth-order valence-electron chi connectivity index (χ4n) is 18.4. The number of rotatable bonds is 10. The highest BCUT2D eigenvalue weighted by Gasteiger charge is 2.46. The van der Waals surface area contributed by atoms with Crippen LogP contribution in [0.2, 0.25) is 0 Å². The Kier molecular flexibility index (Phi) is 14.5. The van der Waals surface area contributed by atoms with E-state index >= 15 is 0 Å². The summed E-state index contributed by atoms with van der Waals surface area (Å²) >= 11 is 0. The van der Waals surface area contributed by atoms with Crippen LogP contribution in [0, 0.1) is 0 Å². The van der Waals surface area contributed by atoms with Gasteiger partial charge in [0.1, 0.15) is 0 Å². The second kappa shape index (κ2) is 26.1. The standard InChI is InChI=1S/C108H86BN5/c1-106(2,3)77-48-54-97-89(61-77)90-62-78(107(4,5)6)49-55-98(90)111(97)81-50-53-93-101(66-81)113(82-58-75(70-33-17-11-18-34-70)57-76(59-82)71-35-19-12-20-36-71)102-67-83(112-96-46-30-27-43-86(96)91-65-80(51-56-99(91)112)110-94-44-28-25-41-84(94)85-42-26-29-45-95(85)110)68-103-104(102)109(93)92-52-47-74(69-31-15-10-16-32-69)60-100(92)114(103)105-87(72-37-21-13-22-38-72)63-79(108(7,8)9)64-88(105)73-39-23-14-24-40-73/h10-68H,1-9H3/i10D,15D,16D,31D,32D. The first kappa shape index (κ1) is 63.2. The van der Waals surface area contributed by atoms with E-state index in [2.05, 4.69) is 407 Å². The number of aromatic nitrogens is 3. The molecule has 0 atom stereocenters. The van der Waals surface area contributed by atoms with Crippen LogP contribution in [-0.4, -0.2) is 20.4 Å². The fourth-order valence-corrected chi connectivity index (χ4v) is 18.4. The summed E-state index contributed by atoms with van der Waals surface area (Å²) in [5.41, 5.74) is 30.2. The molecule has 0 N–H and O–H groups in total. The number of benzene rings is 16. The molecule has 5 nitrogen and oxygen atoms in total. The van der Waals surface area contributed by atoms with Gasteiger partial charge >= 0.3 is 0 Å². The molecule has 0 radical (unpaired) electrons. The Morgan fingerprint density at radius 3 is 1.13 bits per heavy atom. The Labute approximate surface area is 674 Å². The van der Waals surface area contributed by atoms with Crippen molar-refractivity contribution in [3.05, 3.63) is 374 Å². The van der Waals surface area contributed by atoms with Crippen molar-refractivity contribution in [2.45, 2.75) is 78.6 Å². The normalized spacial score (nSPS) is 13.5. The van der Waals surface area contributed by atoms with Crippen molar-refractivity contribution in [2.24, 2.45) is 0 Å². The molecule has 3 aromatic heterocycles. The Balaban J connectivity index is 0.946. The second-order valence-corrected chi connectivity index (χ2v) is 34.1. The molecule has 114 heavy (non-hydrogen) atoms. The molecule has 16 aromatic carbocycles. The van der Waals surface area contributed by atoms with E-state index < -0.39 is 24.8 Å². The summed E-state index contributed by atoms with van der Waals surface area (Å²) < 4.78 is 54.5. The zero-order valence-electron chi connectivity index (χ0n) is 70.5. The van der Waals surface area contributed by atoms with Crippen LogP contribution < -0.4 is 26.2 Å². The monoisotopic (exact) mass is 1470 g/mol. The van der Waals surface area contributed by atoms with Crippen LogP contribution in [0.25, 0.3) is 138 Å². The van der Waals surface area contributed by atoms with Gasteiger partial charge in [-0.2, -0.15) is 0 Å². The average molecular weight is 1470 g/mol. The minimum absolute atomic E-state index is 0.117. The van der Waals surface area contributed by atoms with Crippen LogP contribution in [-0.2, 0) is 16.2 Å². The maximum Gasteiger partial charge on any atom is 0.252 e. The van der Waals surface area contributed by atoms with Gasteiger partial charge in [-0.25, -0.2) is 0 Å². The molecule has 0 unspecified atom stereocenters. The maximum atomic E-state index is 9.80. The molecule has 0 spiro atoms. The molecular formula is C108H86BN5. The lowest BCUT2D eigenvalue weighted by Gasteiger charge is -2.45. The Hall–Kier alpha value is -13.4. The molecule has 6 heteroatoms. The van der Waals surface area contributed by atoms with Crippen molar-refractivity contribution >= 4 is 123 Å². The van der Waals surface area contributed by atoms with Crippen LogP contribution in [0.5, 0.6) is 0 Å². The van der Waals surface area contributed by atoms with Crippen LogP contribution >= 0.6 is 0 Å². The van der Waals surface area contributed by atoms with Crippen molar-refractivity contribution in [2.75, 3.05) is 9.80 Å². The minimum atomic E-state index is -0.483. The topological polar surface area (TPSA) is 21.3 Å². The second-order valence-electron chi connectivity index (χ2n) is 34.1. The molecule has 0 amide bonds. The number of anilines is 6. The van der Waals surface area contributed by atoms with Crippen molar-refractivity contribution in [3.8, 4) is 72.7 Å². The van der Waals surface area contributed by atoms with E-state index in [0.717, 1.165) is 162 Å². The SMILES string of the molecule is [2H]c1c([2H])c([2H])c(-c2ccc3c(c2)N(c2c(-c4ccccc4)cc(C(C)(C)C)cc2-c2ccccc2)c2cc(-n4c5ccccc5c5cc(-n6c7ccccc7c7ccccc76)ccc54)cc4c2B3c2ccc(-n3c5ccc(C(C)(C)C)cc5c5cc(C(C)(C)C)ccc53)cc2N4c2cc(-c3ccccc3)cc(-c3ccccc3)c2)c([2H])c1[2H]. The van der Waals surface area contributed by atoms with E-state index in [1.165, 1.54) is 32.7 Å². The summed E-state index contributed by atoms with van der Waals surface area (Å²) in [6.07, 6.45) is 0. The molecule has 0 saturated carbocycles. The minimum Gasteiger partial charge on any atom is -0.311 e. The molecular weight excluding hydrogens is 1380 g/mol. The van der Waals surface area contributed by atoms with Gasteiger partial charge in [-0.05, 0) is 215 Å². The lowest BCUT2D eigenvalue weighted by atomic mass is 9.33. The summed E-state index contributed by atoms with van der Waals surface area (Å²) in [6.45, 7) is 20.2. The molecule has 0 saturated heterocycles. The lowest BCUT2D eigenvalue weighted by molar-refractivity contribution is 0.590. The number of hydrogen-bond donors (Lipinski definition) is 0. The first-order valence-electron chi connectivity index (χ1n) is 42.3. The zero-order valence-corrected chi connectivity index (χ0v) is 65.5. The van der Waals surface area contributed by atoms with Crippen molar-refractivity contribution < 1.29 is 6.85 Å². The van der Waals surface area contributed by atoms with Crippen LogP contribution in [0.15, 0.2) is 358 Å². The molecule has 5 heterocycles. The summed E-state index contributed by atoms with van der Waals surface area (Å²) in [6, 6.07) is 119. The number of hydrogen-bond acceptors (Lipinski definition) is 2. The summed E-state index contributed by atoms with van der Waals surface area (Å²) in [7, 11) is 0. The quantitative estimate of drug-likeness (QED) is 0.127. The van der Waals surface area contributed by atoms with Gasteiger partial charge < -0.3 is 23.5 Å². The van der Waals surface area contributed by atoms with Gasteiger partial charge in [-0.1, -0.05) is 299 Å². The third-order valence-electron chi connectivity index (χ3n) is 24.1. The van der Waals surface area contributed by atoms with E-state index in [4.69, 9.17) is 1.37 Å². The van der Waals surface area contributed by atoms with E-state index in [-0.39, 0.29) is 33.9 Å². The lowest BCUT2D eigenvalue weighted by Crippen LogP contribution is -2.61. The highest BCUT2D eigenvalue weighted by atomic mass is 15.2. The number of para-hydroxylation sites is 3.